The monoisotopic (exact) mass is 972 g/mol. The molecule has 0 aromatic heterocycles. The van der Waals surface area contributed by atoms with E-state index in [1.165, 1.54) is 154 Å². The lowest BCUT2D eigenvalue weighted by molar-refractivity contribution is -0.359. The molecular formula is C54H101NO13. The third-order valence-electron chi connectivity index (χ3n) is 13.6. The van der Waals surface area contributed by atoms with Crippen molar-refractivity contribution < 1.29 is 64.6 Å². The number of unbranched alkanes of at least 4 members (excludes halogenated alkanes) is 28. The zero-order chi connectivity index (χ0) is 49.6. The number of aliphatic hydroxyl groups excluding tert-OH is 8. The Hall–Kier alpha value is -1.53. The molecule has 400 valence electrons. The van der Waals surface area contributed by atoms with Crippen LogP contribution in [0.15, 0.2) is 24.3 Å². The number of amides is 1. The number of hydrogen-bond acceptors (Lipinski definition) is 13. The van der Waals surface area contributed by atoms with Gasteiger partial charge in [-0.15, -0.1) is 0 Å². The van der Waals surface area contributed by atoms with Gasteiger partial charge in [-0.25, -0.2) is 0 Å². The summed E-state index contributed by atoms with van der Waals surface area (Å²) in [6, 6.07) is -0.909. The third kappa shape index (κ3) is 27.3. The summed E-state index contributed by atoms with van der Waals surface area (Å²) in [6.07, 6.45) is 29.6. The standard InChI is InChI=1S/C54H101NO13/c1-3-5-7-9-11-13-14-15-16-17-18-19-20-21-22-23-24-25-26-27-28-30-32-34-36-38-46(59)55-42(43(58)37-35-33-31-29-12-10-8-6-4-2)41-65-53-51(64)49(62)52(45(40-57)67-53)68-54-50(63)48(61)47(60)44(39-56)66-54/h17-18,35,37,42-45,47-54,56-58,60-64H,3-16,19-34,36,38-41H2,1-2H3,(H,55,59)/b18-17-,37-35+. The molecule has 2 fully saturated rings. The molecule has 14 nitrogen and oxygen atoms in total. The lowest BCUT2D eigenvalue weighted by Crippen LogP contribution is -2.65. The van der Waals surface area contributed by atoms with Crippen molar-refractivity contribution in [2.45, 2.75) is 293 Å². The van der Waals surface area contributed by atoms with E-state index in [4.69, 9.17) is 18.9 Å². The van der Waals surface area contributed by atoms with Crippen LogP contribution in [0.3, 0.4) is 0 Å². The zero-order valence-corrected chi connectivity index (χ0v) is 42.6. The predicted octanol–water partition coefficient (Wildman–Crippen LogP) is 8.11. The van der Waals surface area contributed by atoms with Crippen LogP contribution < -0.4 is 5.32 Å². The lowest BCUT2D eigenvalue weighted by atomic mass is 9.97. The van der Waals surface area contributed by atoms with Gasteiger partial charge in [-0.1, -0.05) is 192 Å². The normalized spacial score (nSPS) is 26.5. The number of ether oxygens (including phenoxy) is 4. The predicted molar refractivity (Wildman–Crippen MR) is 268 cm³/mol. The second-order valence-electron chi connectivity index (χ2n) is 19.7. The maximum atomic E-state index is 13.2. The molecule has 0 aliphatic carbocycles. The van der Waals surface area contributed by atoms with E-state index in [0.29, 0.717) is 6.42 Å². The van der Waals surface area contributed by atoms with Crippen LogP contribution in [0, 0.1) is 0 Å². The zero-order valence-electron chi connectivity index (χ0n) is 42.6. The Kier molecular flexibility index (Phi) is 37.7. The fourth-order valence-electron chi connectivity index (χ4n) is 9.11. The van der Waals surface area contributed by atoms with Crippen molar-refractivity contribution in [1.82, 2.24) is 5.32 Å². The van der Waals surface area contributed by atoms with Crippen LogP contribution in [0.2, 0.25) is 0 Å². The van der Waals surface area contributed by atoms with E-state index >= 15 is 0 Å². The number of hydrogen-bond donors (Lipinski definition) is 9. The van der Waals surface area contributed by atoms with Crippen LogP contribution in [0.25, 0.3) is 0 Å². The van der Waals surface area contributed by atoms with Crippen molar-refractivity contribution in [1.29, 1.82) is 0 Å². The minimum absolute atomic E-state index is 0.241. The Labute approximate surface area is 411 Å². The molecule has 1 amide bonds. The molecule has 2 saturated heterocycles. The molecule has 0 spiro atoms. The maximum absolute atomic E-state index is 13.2. The van der Waals surface area contributed by atoms with Crippen LogP contribution in [0.5, 0.6) is 0 Å². The van der Waals surface area contributed by atoms with Gasteiger partial charge in [0.05, 0.1) is 32.0 Å². The number of nitrogens with one attached hydrogen (secondary N) is 1. The fraction of sp³-hybridized carbons (Fsp3) is 0.907. The highest BCUT2D eigenvalue weighted by atomic mass is 16.7. The molecule has 0 bridgehead atoms. The Morgan fingerprint density at radius 3 is 1.40 bits per heavy atom. The first-order valence-electron chi connectivity index (χ1n) is 27.6. The number of allylic oxidation sites excluding steroid dienone is 3. The maximum Gasteiger partial charge on any atom is 0.220 e. The number of aliphatic hydroxyl groups is 8. The summed E-state index contributed by atoms with van der Waals surface area (Å²) in [5.41, 5.74) is 0. The highest BCUT2D eigenvalue weighted by Gasteiger charge is 2.51. The molecule has 0 saturated carbocycles. The first kappa shape index (κ1) is 62.6. The molecule has 12 unspecified atom stereocenters. The van der Waals surface area contributed by atoms with Crippen LogP contribution in [0.1, 0.15) is 219 Å². The van der Waals surface area contributed by atoms with Crippen molar-refractivity contribution >= 4 is 5.91 Å². The van der Waals surface area contributed by atoms with Gasteiger partial charge in [0.1, 0.15) is 48.8 Å². The smallest absolute Gasteiger partial charge is 0.220 e. The van der Waals surface area contributed by atoms with Gasteiger partial charge >= 0.3 is 0 Å². The van der Waals surface area contributed by atoms with Gasteiger partial charge < -0.3 is 65.1 Å². The number of rotatable bonds is 43. The average molecular weight is 972 g/mol. The van der Waals surface area contributed by atoms with E-state index in [-0.39, 0.29) is 18.9 Å². The van der Waals surface area contributed by atoms with Gasteiger partial charge in [0.2, 0.25) is 5.91 Å². The van der Waals surface area contributed by atoms with Crippen molar-refractivity contribution in [2.75, 3.05) is 19.8 Å². The van der Waals surface area contributed by atoms with E-state index in [9.17, 15) is 45.6 Å². The SMILES string of the molecule is CCCCCCCCC/C=C/C(O)C(COC1OC(CO)C(OC2OC(CO)C(O)C(O)C2O)C(O)C1O)NC(=O)CCCCCCCCCCCCCCC/C=C\CCCCCCCCCC. The second-order valence-corrected chi connectivity index (χ2v) is 19.7. The molecule has 9 N–H and O–H groups in total. The van der Waals surface area contributed by atoms with Gasteiger partial charge in [-0.2, -0.15) is 0 Å². The topological polar surface area (TPSA) is 228 Å². The molecule has 2 aliphatic heterocycles. The first-order valence-corrected chi connectivity index (χ1v) is 27.6. The first-order chi connectivity index (χ1) is 33.1. The lowest BCUT2D eigenvalue weighted by Gasteiger charge is -2.46. The van der Waals surface area contributed by atoms with Gasteiger partial charge in [-0.05, 0) is 44.9 Å². The summed E-state index contributed by atoms with van der Waals surface area (Å²) in [7, 11) is 0. The second kappa shape index (κ2) is 41.0. The molecule has 0 aromatic rings. The quantitative estimate of drug-likeness (QED) is 0.0208. The Morgan fingerprint density at radius 1 is 0.515 bits per heavy atom. The minimum Gasteiger partial charge on any atom is -0.394 e. The highest BCUT2D eigenvalue weighted by molar-refractivity contribution is 5.76. The number of carbonyl (C=O) groups is 1. The van der Waals surface area contributed by atoms with Crippen molar-refractivity contribution in [3.63, 3.8) is 0 Å². The molecule has 0 aromatic carbocycles. The van der Waals surface area contributed by atoms with Crippen LogP contribution in [0.4, 0.5) is 0 Å². The van der Waals surface area contributed by atoms with E-state index in [2.05, 4.69) is 31.3 Å². The number of carbonyl (C=O) groups excluding carboxylic acids is 1. The fourth-order valence-corrected chi connectivity index (χ4v) is 9.11. The molecule has 12 atom stereocenters. The van der Waals surface area contributed by atoms with Crippen LogP contribution in [-0.2, 0) is 23.7 Å². The molecule has 0 radical (unpaired) electrons. The summed E-state index contributed by atoms with van der Waals surface area (Å²) in [4.78, 5) is 13.2. The Morgan fingerprint density at radius 2 is 0.926 bits per heavy atom. The summed E-state index contributed by atoms with van der Waals surface area (Å²) in [5.74, 6) is -0.241. The summed E-state index contributed by atoms with van der Waals surface area (Å²) in [5, 5.41) is 86.6. The van der Waals surface area contributed by atoms with Crippen LogP contribution >= 0.6 is 0 Å². The Bertz CT molecular complexity index is 1240. The van der Waals surface area contributed by atoms with Crippen LogP contribution in [-0.4, -0.2) is 140 Å². The highest BCUT2D eigenvalue weighted by Crippen LogP contribution is 2.30. The molecule has 2 heterocycles. The molecule has 2 aliphatic rings. The molecular weight excluding hydrogens is 871 g/mol. The van der Waals surface area contributed by atoms with E-state index in [0.717, 1.165) is 38.5 Å². The van der Waals surface area contributed by atoms with Crippen molar-refractivity contribution in [2.24, 2.45) is 0 Å². The summed E-state index contributed by atoms with van der Waals surface area (Å²) >= 11 is 0. The minimum atomic E-state index is -1.79. The van der Waals surface area contributed by atoms with Crippen molar-refractivity contribution in [3.8, 4) is 0 Å². The van der Waals surface area contributed by atoms with E-state index in [1.54, 1.807) is 6.08 Å². The average Bonchev–Trinajstić information content (AvgIpc) is 3.34. The van der Waals surface area contributed by atoms with Crippen molar-refractivity contribution in [3.05, 3.63) is 24.3 Å². The van der Waals surface area contributed by atoms with E-state index in [1.807, 2.05) is 6.08 Å². The van der Waals surface area contributed by atoms with E-state index < -0.39 is 86.8 Å². The van der Waals surface area contributed by atoms with Gasteiger partial charge in [0.15, 0.2) is 12.6 Å². The van der Waals surface area contributed by atoms with Gasteiger partial charge in [0.25, 0.3) is 0 Å². The molecule has 2 rings (SSSR count). The van der Waals surface area contributed by atoms with Gasteiger partial charge in [-0.3, -0.25) is 4.79 Å². The third-order valence-corrected chi connectivity index (χ3v) is 13.6. The van der Waals surface area contributed by atoms with Gasteiger partial charge in [0, 0.05) is 6.42 Å². The largest absolute Gasteiger partial charge is 0.394 e. The molecule has 14 heteroatoms. The molecule has 68 heavy (non-hydrogen) atoms. The summed E-state index contributed by atoms with van der Waals surface area (Å²) < 4.78 is 22.7. The Balaban J connectivity index is 1.70. The summed E-state index contributed by atoms with van der Waals surface area (Å²) in [6.45, 7) is 2.76.